The fourth-order valence-corrected chi connectivity index (χ4v) is 2.03. The zero-order valence-electron chi connectivity index (χ0n) is 7.97. The van der Waals surface area contributed by atoms with E-state index >= 15 is 0 Å². The molecule has 1 saturated heterocycles. The van der Waals surface area contributed by atoms with Gasteiger partial charge >= 0.3 is 0 Å². The Morgan fingerprint density at radius 1 is 1.33 bits per heavy atom. The van der Waals surface area contributed by atoms with Gasteiger partial charge in [0.05, 0.1) is 0 Å². The monoisotopic (exact) mass is 168 g/mol. The van der Waals surface area contributed by atoms with Crippen molar-refractivity contribution in [3.8, 4) is 0 Å². The van der Waals surface area contributed by atoms with Gasteiger partial charge in [-0.2, -0.15) is 0 Å². The Morgan fingerprint density at radius 2 is 2.00 bits per heavy atom. The van der Waals surface area contributed by atoms with Crippen LogP contribution in [0.3, 0.4) is 0 Å². The minimum Gasteiger partial charge on any atom is -0.317 e. The molecule has 1 heterocycles. The summed E-state index contributed by atoms with van der Waals surface area (Å²) in [4.78, 5) is 0. The van der Waals surface area contributed by atoms with E-state index < -0.39 is 0 Å². The molecule has 0 aromatic heterocycles. The van der Waals surface area contributed by atoms with Crippen molar-refractivity contribution < 1.29 is 0 Å². The molecule has 2 nitrogen and oxygen atoms in total. The van der Waals surface area contributed by atoms with Gasteiger partial charge in [0.15, 0.2) is 0 Å². The van der Waals surface area contributed by atoms with E-state index in [1.165, 1.54) is 38.9 Å². The first-order chi connectivity index (χ1) is 5.86. The van der Waals surface area contributed by atoms with Crippen molar-refractivity contribution in [1.82, 2.24) is 10.6 Å². The van der Waals surface area contributed by atoms with E-state index in [2.05, 4.69) is 17.6 Å². The van der Waals surface area contributed by atoms with Gasteiger partial charge in [-0.05, 0) is 50.7 Å². The Kier molecular flexibility index (Phi) is 2.66. The first kappa shape index (κ1) is 8.52. The van der Waals surface area contributed by atoms with Gasteiger partial charge in [-0.1, -0.05) is 6.92 Å². The largest absolute Gasteiger partial charge is 0.317 e. The van der Waals surface area contributed by atoms with Gasteiger partial charge in [0, 0.05) is 6.04 Å². The van der Waals surface area contributed by atoms with Crippen LogP contribution in [0, 0.1) is 11.8 Å². The van der Waals surface area contributed by atoms with Crippen molar-refractivity contribution in [1.29, 1.82) is 0 Å². The van der Waals surface area contributed by atoms with E-state index in [1.807, 2.05) is 0 Å². The van der Waals surface area contributed by atoms with Crippen molar-refractivity contribution in [2.45, 2.75) is 32.2 Å². The maximum absolute atomic E-state index is 3.67. The summed E-state index contributed by atoms with van der Waals surface area (Å²) in [7, 11) is 0. The Bertz CT molecular complexity index is 141. The van der Waals surface area contributed by atoms with Crippen LogP contribution in [0.5, 0.6) is 0 Å². The second-order valence-electron chi connectivity index (χ2n) is 4.41. The lowest BCUT2D eigenvalue weighted by Crippen LogP contribution is -2.40. The van der Waals surface area contributed by atoms with Crippen LogP contribution in [0.15, 0.2) is 0 Å². The third-order valence-corrected chi connectivity index (χ3v) is 3.28. The Morgan fingerprint density at radius 3 is 2.58 bits per heavy atom. The molecule has 2 atom stereocenters. The van der Waals surface area contributed by atoms with Crippen LogP contribution in [0.1, 0.15) is 26.2 Å². The normalized spacial score (nSPS) is 36.8. The van der Waals surface area contributed by atoms with Crippen molar-refractivity contribution in [2.75, 3.05) is 19.6 Å². The number of hydrogen-bond donors (Lipinski definition) is 2. The number of nitrogens with one attached hydrogen (secondary N) is 2. The van der Waals surface area contributed by atoms with Crippen LogP contribution in [0.2, 0.25) is 0 Å². The predicted octanol–water partition coefficient (Wildman–Crippen LogP) is 0.984. The molecule has 0 bridgehead atoms. The number of piperidine rings is 1. The quantitative estimate of drug-likeness (QED) is 0.656. The Balaban J connectivity index is 1.59. The van der Waals surface area contributed by atoms with Crippen molar-refractivity contribution in [2.24, 2.45) is 11.8 Å². The lowest BCUT2D eigenvalue weighted by molar-refractivity contribution is 0.380. The topological polar surface area (TPSA) is 24.1 Å². The fraction of sp³-hybridized carbons (Fsp3) is 1.00. The summed E-state index contributed by atoms with van der Waals surface area (Å²) in [5.41, 5.74) is 0. The zero-order chi connectivity index (χ0) is 8.39. The minimum absolute atomic E-state index is 0.805. The summed E-state index contributed by atoms with van der Waals surface area (Å²) in [6.45, 7) is 6.04. The molecule has 0 spiro atoms. The third-order valence-electron chi connectivity index (χ3n) is 3.28. The summed E-state index contributed by atoms with van der Waals surface area (Å²) >= 11 is 0. The molecule has 12 heavy (non-hydrogen) atoms. The van der Waals surface area contributed by atoms with Gasteiger partial charge < -0.3 is 10.6 Å². The SMILES string of the molecule is CC1CC1CNC1CCNCC1. The van der Waals surface area contributed by atoms with Gasteiger partial charge in [-0.3, -0.25) is 0 Å². The minimum atomic E-state index is 0.805. The van der Waals surface area contributed by atoms with Crippen LogP contribution in [-0.2, 0) is 0 Å². The van der Waals surface area contributed by atoms with Gasteiger partial charge in [0.1, 0.15) is 0 Å². The zero-order valence-corrected chi connectivity index (χ0v) is 7.97. The molecule has 1 aliphatic carbocycles. The highest BCUT2D eigenvalue weighted by atomic mass is 15.0. The van der Waals surface area contributed by atoms with Crippen molar-refractivity contribution >= 4 is 0 Å². The average molecular weight is 168 g/mol. The average Bonchev–Trinajstić information content (AvgIpc) is 2.81. The first-order valence-corrected chi connectivity index (χ1v) is 5.30. The summed E-state index contributed by atoms with van der Waals surface area (Å²) in [5.74, 6) is 2.00. The summed E-state index contributed by atoms with van der Waals surface area (Å²) < 4.78 is 0. The highest BCUT2D eigenvalue weighted by Gasteiger charge is 2.32. The van der Waals surface area contributed by atoms with Gasteiger partial charge in [0.25, 0.3) is 0 Å². The van der Waals surface area contributed by atoms with Gasteiger partial charge in [0.2, 0.25) is 0 Å². The lowest BCUT2D eigenvalue weighted by Gasteiger charge is -2.23. The molecule has 1 saturated carbocycles. The third kappa shape index (κ3) is 2.20. The summed E-state index contributed by atoms with van der Waals surface area (Å²) in [5, 5.41) is 7.06. The van der Waals surface area contributed by atoms with Crippen LogP contribution in [0.25, 0.3) is 0 Å². The van der Waals surface area contributed by atoms with Crippen molar-refractivity contribution in [3.63, 3.8) is 0 Å². The highest BCUT2D eigenvalue weighted by Crippen LogP contribution is 2.36. The van der Waals surface area contributed by atoms with Crippen LogP contribution in [-0.4, -0.2) is 25.7 Å². The molecule has 2 rings (SSSR count). The molecule has 2 unspecified atom stereocenters. The van der Waals surface area contributed by atoms with Gasteiger partial charge in [-0.15, -0.1) is 0 Å². The molecule has 0 radical (unpaired) electrons. The first-order valence-electron chi connectivity index (χ1n) is 5.30. The van der Waals surface area contributed by atoms with E-state index in [4.69, 9.17) is 0 Å². The summed E-state index contributed by atoms with van der Waals surface area (Å²) in [6.07, 6.45) is 4.10. The second kappa shape index (κ2) is 3.75. The van der Waals surface area contributed by atoms with Crippen LogP contribution >= 0.6 is 0 Å². The smallest absolute Gasteiger partial charge is 0.00913 e. The van der Waals surface area contributed by atoms with E-state index in [1.54, 1.807) is 0 Å². The molecular formula is C10H20N2. The van der Waals surface area contributed by atoms with Gasteiger partial charge in [-0.25, -0.2) is 0 Å². The fourth-order valence-electron chi connectivity index (χ4n) is 2.03. The molecule has 2 N–H and O–H groups in total. The lowest BCUT2D eigenvalue weighted by atomic mass is 10.1. The van der Waals surface area contributed by atoms with Crippen LogP contribution < -0.4 is 10.6 Å². The van der Waals surface area contributed by atoms with Crippen LogP contribution in [0.4, 0.5) is 0 Å². The molecule has 2 aliphatic rings. The highest BCUT2D eigenvalue weighted by molar-refractivity contribution is 4.86. The van der Waals surface area contributed by atoms with E-state index in [0.717, 1.165) is 17.9 Å². The summed E-state index contributed by atoms with van der Waals surface area (Å²) in [6, 6.07) is 0.805. The molecular weight excluding hydrogens is 148 g/mol. The van der Waals surface area contributed by atoms with Crippen molar-refractivity contribution in [3.05, 3.63) is 0 Å². The molecule has 2 heteroatoms. The number of rotatable bonds is 3. The molecule has 70 valence electrons. The van der Waals surface area contributed by atoms with E-state index in [-0.39, 0.29) is 0 Å². The molecule has 0 aromatic carbocycles. The molecule has 0 amide bonds. The maximum atomic E-state index is 3.67. The Hall–Kier alpha value is -0.0800. The standard InChI is InChI=1S/C10H20N2/c1-8-6-9(8)7-12-10-2-4-11-5-3-10/h8-12H,2-7H2,1H3. The molecule has 1 aliphatic heterocycles. The van der Waals surface area contributed by atoms with E-state index in [0.29, 0.717) is 0 Å². The Labute approximate surface area is 75.1 Å². The molecule has 0 aromatic rings. The van der Waals surface area contributed by atoms with E-state index in [9.17, 15) is 0 Å². The maximum Gasteiger partial charge on any atom is 0.00913 e. The second-order valence-corrected chi connectivity index (χ2v) is 4.41. The number of hydrogen-bond acceptors (Lipinski definition) is 2. The molecule has 2 fully saturated rings. The predicted molar refractivity (Wildman–Crippen MR) is 51.2 cm³/mol.